The lowest BCUT2D eigenvalue weighted by atomic mass is 9.54. The summed E-state index contributed by atoms with van der Waals surface area (Å²) in [5.74, 6) is 3.02. The Morgan fingerprint density at radius 3 is 2.31 bits per heavy atom. The van der Waals surface area contributed by atoms with Crippen molar-refractivity contribution in [3.8, 4) is 0 Å². The average molecular weight is 241 g/mol. The van der Waals surface area contributed by atoms with Crippen LogP contribution in [-0.2, 0) is 0 Å². The zero-order chi connectivity index (χ0) is 9.05. The molecule has 0 heterocycles. The van der Waals surface area contributed by atoms with E-state index in [9.17, 15) is 0 Å². The zero-order valence-corrected chi connectivity index (χ0v) is 9.81. The Bertz CT molecular complexity index is 252. The molecule has 4 atom stereocenters. The third-order valence-electron chi connectivity index (χ3n) is 4.40. The summed E-state index contributed by atoms with van der Waals surface area (Å²) in [5.41, 5.74) is 1.74. The van der Waals surface area contributed by atoms with Gasteiger partial charge in [-0.2, -0.15) is 0 Å². The Morgan fingerprint density at radius 2 is 1.85 bits per heavy atom. The predicted molar refractivity (Wildman–Crippen MR) is 59.0 cm³/mol. The molecule has 4 rings (SSSR count). The maximum Gasteiger partial charge on any atom is 0.0473 e. The van der Waals surface area contributed by atoms with Crippen LogP contribution in [0.5, 0.6) is 0 Å². The van der Waals surface area contributed by atoms with Crippen molar-refractivity contribution in [2.45, 2.75) is 43.4 Å². The van der Waals surface area contributed by atoms with Gasteiger partial charge in [-0.3, -0.25) is 0 Å². The van der Waals surface area contributed by atoms with Crippen LogP contribution in [0.1, 0.15) is 39.0 Å². The topological polar surface area (TPSA) is 0 Å². The number of rotatable bonds is 0. The molecule has 0 aromatic carbocycles. The van der Waals surface area contributed by atoms with E-state index in [0.29, 0.717) is 4.32 Å². The van der Waals surface area contributed by atoms with E-state index >= 15 is 0 Å². The third kappa shape index (κ3) is 1.09. The largest absolute Gasteiger partial charge is 0.0868 e. The number of halogens is 1. The lowest BCUT2D eigenvalue weighted by molar-refractivity contribution is 0.0884. The zero-order valence-electron chi connectivity index (χ0n) is 8.22. The molecule has 4 saturated carbocycles. The van der Waals surface area contributed by atoms with Crippen LogP contribution >= 0.6 is 15.9 Å². The second kappa shape index (κ2) is 2.62. The van der Waals surface area contributed by atoms with Crippen molar-refractivity contribution in [2.75, 3.05) is 0 Å². The molecule has 13 heavy (non-hydrogen) atoms. The molecule has 0 amide bonds. The van der Waals surface area contributed by atoms with Gasteiger partial charge in [0.15, 0.2) is 0 Å². The Labute approximate surface area is 88.9 Å². The van der Waals surface area contributed by atoms with Crippen molar-refractivity contribution < 1.29 is 0 Å². The highest BCUT2D eigenvalue weighted by atomic mass is 79.9. The van der Waals surface area contributed by atoms with Crippen LogP contribution in [-0.4, -0.2) is 4.32 Å². The summed E-state index contributed by atoms with van der Waals surface area (Å²) in [6.07, 6.45) is 9.73. The highest BCUT2D eigenvalue weighted by Crippen LogP contribution is 2.61. The molecule has 2 unspecified atom stereocenters. The van der Waals surface area contributed by atoms with Crippen molar-refractivity contribution in [1.29, 1.82) is 0 Å². The van der Waals surface area contributed by atoms with Crippen LogP contribution in [0.3, 0.4) is 0 Å². The summed E-state index contributed by atoms with van der Waals surface area (Å²) in [6, 6.07) is 0. The van der Waals surface area contributed by atoms with Gasteiger partial charge >= 0.3 is 0 Å². The van der Waals surface area contributed by atoms with Gasteiger partial charge < -0.3 is 0 Å². The summed E-state index contributed by atoms with van der Waals surface area (Å²) in [6.45, 7) is 2.22. The van der Waals surface area contributed by atoms with Gasteiger partial charge in [0.05, 0.1) is 0 Å². The standard InChI is InChI=1S/C12H17Br/c1-2-11-10-4-8-3-9(5-10)7-12(11,13)6-8/h2,8-10H,3-7H2,1H3/b11-2-/t8-,9+,10?,12?. The molecule has 0 nitrogen and oxygen atoms in total. The van der Waals surface area contributed by atoms with Gasteiger partial charge in [0.25, 0.3) is 0 Å². The minimum Gasteiger partial charge on any atom is -0.0868 e. The molecule has 1 heteroatoms. The monoisotopic (exact) mass is 240 g/mol. The van der Waals surface area contributed by atoms with Crippen LogP contribution in [0.15, 0.2) is 11.6 Å². The third-order valence-corrected chi connectivity index (χ3v) is 5.50. The number of hydrogen-bond acceptors (Lipinski definition) is 0. The fourth-order valence-corrected chi connectivity index (χ4v) is 5.71. The number of allylic oxidation sites excluding steroid dienone is 2. The van der Waals surface area contributed by atoms with Crippen LogP contribution in [0, 0.1) is 17.8 Å². The fourth-order valence-electron chi connectivity index (χ4n) is 4.25. The van der Waals surface area contributed by atoms with Crippen molar-refractivity contribution in [3.05, 3.63) is 11.6 Å². The quantitative estimate of drug-likeness (QED) is 0.445. The van der Waals surface area contributed by atoms with Gasteiger partial charge in [0.2, 0.25) is 0 Å². The van der Waals surface area contributed by atoms with E-state index in [4.69, 9.17) is 0 Å². The summed E-state index contributed by atoms with van der Waals surface area (Å²) >= 11 is 4.02. The van der Waals surface area contributed by atoms with Crippen molar-refractivity contribution in [1.82, 2.24) is 0 Å². The minimum absolute atomic E-state index is 0.441. The van der Waals surface area contributed by atoms with Crippen LogP contribution in [0.4, 0.5) is 0 Å². The van der Waals surface area contributed by atoms with E-state index < -0.39 is 0 Å². The first kappa shape index (κ1) is 8.52. The highest BCUT2D eigenvalue weighted by molar-refractivity contribution is 9.10. The van der Waals surface area contributed by atoms with E-state index in [1.165, 1.54) is 32.1 Å². The van der Waals surface area contributed by atoms with Gasteiger partial charge in [0, 0.05) is 4.32 Å². The molecule has 72 valence electrons. The number of hydrogen-bond donors (Lipinski definition) is 0. The van der Waals surface area contributed by atoms with Crippen LogP contribution in [0.25, 0.3) is 0 Å². The molecule has 0 aliphatic heterocycles. The molecule has 0 radical (unpaired) electrons. The van der Waals surface area contributed by atoms with Gasteiger partial charge in [0.1, 0.15) is 0 Å². The van der Waals surface area contributed by atoms with E-state index in [1.54, 1.807) is 5.57 Å². The molecule has 4 aliphatic carbocycles. The van der Waals surface area contributed by atoms with Crippen LogP contribution in [0.2, 0.25) is 0 Å². The van der Waals surface area contributed by atoms with Crippen molar-refractivity contribution in [3.63, 3.8) is 0 Å². The molecular formula is C12H17Br. The van der Waals surface area contributed by atoms with Gasteiger partial charge in [-0.1, -0.05) is 27.6 Å². The smallest absolute Gasteiger partial charge is 0.0473 e. The SMILES string of the molecule is C/C=C1/C2C[C@@H]3C[C@H](C2)CC1(Br)C3. The molecule has 4 aliphatic rings. The summed E-state index contributed by atoms with van der Waals surface area (Å²) in [4.78, 5) is 0. The Hall–Kier alpha value is 0.220. The molecule has 4 fully saturated rings. The fraction of sp³-hybridized carbons (Fsp3) is 0.833. The average Bonchev–Trinajstić information content (AvgIpc) is 2.00. The van der Waals surface area contributed by atoms with E-state index in [2.05, 4.69) is 28.9 Å². The van der Waals surface area contributed by atoms with E-state index in [0.717, 1.165) is 17.8 Å². The molecular weight excluding hydrogens is 224 g/mol. The van der Waals surface area contributed by atoms with Gasteiger partial charge in [-0.25, -0.2) is 0 Å². The van der Waals surface area contributed by atoms with Crippen LogP contribution < -0.4 is 0 Å². The van der Waals surface area contributed by atoms with Crippen molar-refractivity contribution in [2.24, 2.45) is 17.8 Å². The van der Waals surface area contributed by atoms with E-state index in [-0.39, 0.29) is 0 Å². The normalized spacial score (nSPS) is 56.2. The van der Waals surface area contributed by atoms with Gasteiger partial charge in [-0.05, 0) is 56.8 Å². The lowest BCUT2D eigenvalue weighted by Gasteiger charge is -2.56. The Morgan fingerprint density at radius 1 is 1.23 bits per heavy atom. The first-order valence-corrected chi connectivity index (χ1v) is 6.36. The maximum atomic E-state index is 4.02. The maximum absolute atomic E-state index is 4.02. The Kier molecular flexibility index (Phi) is 1.72. The summed E-state index contributed by atoms with van der Waals surface area (Å²) < 4.78 is 0.441. The second-order valence-corrected chi connectivity index (χ2v) is 6.77. The first-order valence-electron chi connectivity index (χ1n) is 5.57. The van der Waals surface area contributed by atoms with Gasteiger partial charge in [-0.15, -0.1) is 0 Å². The minimum atomic E-state index is 0.441. The summed E-state index contributed by atoms with van der Waals surface area (Å²) in [5, 5.41) is 0. The first-order chi connectivity index (χ1) is 6.21. The number of alkyl halides is 1. The lowest BCUT2D eigenvalue weighted by Crippen LogP contribution is -2.48. The highest BCUT2D eigenvalue weighted by Gasteiger charge is 2.52. The molecule has 4 bridgehead atoms. The molecule has 0 N–H and O–H groups in total. The predicted octanol–water partition coefficient (Wildman–Crippen LogP) is 3.91. The summed E-state index contributed by atoms with van der Waals surface area (Å²) in [7, 11) is 0. The second-order valence-electron chi connectivity index (χ2n) is 5.25. The molecule has 0 spiro atoms. The molecule has 0 aromatic rings. The molecule has 0 aromatic heterocycles. The Balaban J connectivity index is 2.03. The molecule has 0 saturated heterocycles. The van der Waals surface area contributed by atoms with Crippen molar-refractivity contribution >= 4 is 15.9 Å². The van der Waals surface area contributed by atoms with E-state index in [1.807, 2.05) is 0 Å².